The number of thiocarbonyl (C=S) groups is 1. The summed E-state index contributed by atoms with van der Waals surface area (Å²) < 4.78 is 0.342. The predicted octanol–water partition coefficient (Wildman–Crippen LogP) is 2.13. The molecular weight excluding hydrogens is 400 g/mol. The number of carbonyl (C=O) groups is 2. The van der Waals surface area contributed by atoms with Crippen LogP contribution in [0.3, 0.4) is 0 Å². The van der Waals surface area contributed by atoms with Crippen molar-refractivity contribution in [1.29, 1.82) is 0 Å². The monoisotopic (exact) mass is 414 g/mol. The molecule has 132 valence electrons. The third-order valence-electron chi connectivity index (χ3n) is 3.72. The van der Waals surface area contributed by atoms with Crippen molar-refractivity contribution in [3.8, 4) is 0 Å². The Balaban J connectivity index is 1.66. The minimum Gasteiger partial charge on any atom is -0.390 e. The summed E-state index contributed by atoms with van der Waals surface area (Å²) in [5.74, 6) is 0.646. The zero-order chi connectivity index (χ0) is 18.0. The van der Waals surface area contributed by atoms with Gasteiger partial charge in [0.25, 0.3) is 5.91 Å². The minimum atomic E-state index is -0.553. The molecule has 9 heteroatoms. The minimum absolute atomic E-state index is 0.147. The third kappa shape index (κ3) is 4.57. The quantitative estimate of drug-likeness (QED) is 0.581. The van der Waals surface area contributed by atoms with E-state index in [0.29, 0.717) is 25.8 Å². The Morgan fingerprint density at radius 3 is 2.96 bits per heavy atom. The van der Waals surface area contributed by atoms with E-state index in [2.05, 4.69) is 5.32 Å². The lowest BCUT2D eigenvalue weighted by Crippen LogP contribution is -2.47. The molecule has 25 heavy (non-hydrogen) atoms. The summed E-state index contributed by atoms with van der Waals surface area (Å²) in [5.41, 5.74) is 0.795. The molecule has 1 aromatic carbocycles. The van der Waals surface area contributed by atoms with Gasteiger partial charge in [-0.3, -0.25) is 14.5 Å². The number of thioether (sulfide) groups is 2. The van der Waals surface area contributed by atoms with E-state index in [4.69, 9.17) is 23.8 Å². The number of rotatable bonds is 4. The molecule has 2 aliphatic heterocycles. The van der Waals surface area contributed by atoms with Crippen LogP contribution >= 0.6 is 47.3 Å². The second-order valence-electron chi connectivity index (χ2n) is 5.60. The molecule has 2 amide bonds. The first-order chi connectivity index (χ1) is 11.9. The molecule has 2 fully saturated rings. The summed E-state index contributed by atoms with van der Waals surface area (Å²) in [7, 11) is 0. The van der Waals surface area contributed by atoms with Crippen LogP contribution in [0.25, 0.3) is 6.08 Å². The molecule has 2 unspecified atom stereocenters. The Morgan fingerprint density at radius 2 is 2.28 bits per heavy atom. The van der Waals surface area contributed by atoms with Crippen molar-refractivity contribution in [2.45, 2.75) is 12.1 Å². The van der Waals surface area contributed by atoms with Gasteiger partial charge in [0, 0.05) is 16.5 Å². The second-order valence-corrected chi connectivity index (χ2v) is 8.79. The molecule has 2 saturated heterocycles. The van der Waals surface area contributed by atoms with E-state index in [9.17, 15) is 14.7 Å². The Hall–Kier alpha value is -1.06. The molecule has 2 N–H and O–H groups in total. The maximum absolute atomic E-state index is 12.5. The standard InChI is InChI=1S/C16H15ClN2O3S3/c17-10-3-1-2-9(4-10)5-13-15(22)19(16(23)25-13)6-14(21)18-11-7-24-8-12(11)20/h1-5,11-12,20H,6-8H2,(H,18,21)/b13-5+. The number of halogens is 1. The van der Waals surface area contributed by atoms with Gasteiger partial charge >= 0.3 is 0 Å². The molecular formula is C16H15ClN2O3S3. The zero-order valence-electron chi connectivity index (χ0n) is 13.0. The number of amides is 2. The normalized spacial score (nSPS) is 25.0. The molecule has 3 rings (SSSR count). The van der Waals surface area contributed by atoms with Crippen LogP contribution in [-0.2, 0) is 9.59 Å². The molecule has 0 spiro atoms. The highest BCUT2D eigenvalue weighted by Gasteiger charge is 2.34. The summed E-state index contributed by atoms with van der Waals surface area (Å²) in [6, 6.07) is 6.86. The van der Waals surface area contributed by atoms with Gasteiger partial charge in [-0.25, -0.2) is 0 Å². The number of carbonyl (C=O) groups excluding carboxylic acids is 2. The van der Waals surface area contributed by atoms with Crippen LogP contribution in [0, 0.1) is 0 Å². The zero-order valence-corrected chi connectivity index (χ0v) is 16.2. The second kappa shape index (κ2) is 8.09. The third-order valence-corrected chi connectivity index (χ3v) is 6.50. The van der Waals surface area contributed by atoms with Crippen molar-refractivity contribution in [3.63, 3.8) is 0 Å². The smallest absolute Gasteiger partial charge is 0.266 e. The van der Waals surface area contributed by atoms with Crippen LogP contribution in [0.5, 0.6) is 0 Å². The van der Waals surface area contributed by atoms with Gasteiger partial charge in [-0.1, -0.05) is 47.7 Å². The average molecular weight is 415 g/mol. The van der Waals surface area contributed by atoms with Crippen molar-refractivity contribution in [2.75, 3.05) is 18.1 Å². The average Bonchev–Trinajstić information content (AvgIpc) is 3.06. The summed E-state index contributed by atoms with van der Waals surface area (Å²) in [5, 5.41) is 13.1. The lowest BCUT2D eigenvalue weighted by atomic mass is 10.2. The highest BCUT2D eigenvalue weighted by atomic mass is 35.5. The topological polar surface area (TPSA) is 69.6 Å². The van der Waals surface area contributed by atoms with Crippen molar-refractivity contribution in [1.82, 2.24) is 10.2 Å². The Morgan fingerprint density at radius 1 is 1.48 bits per heavy atom. The van der Waals surface area contributed by atoms with Crippen LogP contribution in [0.15, 0.2) is 29.2 Å². The molecule has 2 aliphatic rings. The molecule has 1 aromatic rings. The largest absolute Gasteiger partial charge is 0.390 e. The molecule has 0 aliphatic carbocycles. The van der Waals surface area contributed by atoms with Crippen LogP contribution in [0.1, 0.15) is 5.56 Å². The number of nitrogens with zero attached hydrogens (tertiary/aromatic N) is 1. The number of aliphatic hydroxyl groups is 1. The highest BCUT2D eigenvalue weighted by molar-refractivity contribution is 8.26. The maximum atomic E-state index is 12.5. The molecule has 0 radical (unpaired) electrons. The Labute approximate surface area is 164 Å². The number of hydrogen-bond acceptors (Lipinski definition) is 6. The molecule has 2 atom stereocenters. The molecule has 0 bridgehead atoms. The Bertz CT molecular complexity index is 756. The fourth-order valence-corrected chi connectivity index (χ4v) is 5.08. The van der Waals surface area contributed by atoms with Crippen LogP contribution < -0.4 is 5.32 Å². The highest BCUT2D eigenvalue weighted by Crippen LogP contribution is 2.32. The lowest BCUT2D eigenvalue weighted by Gasteiger charge is -2.18. The van der Waals surface area contributed by atoms with Gasteiger partial charge in [-0.15, -0.1) is 0 Å². The molecule has 5 nitrogen and oxygen atoms in total. The van der Waals surface area contributed by atoms with E-state index in [1.54, 1.807) is 36.0 Å². The van der Waals surface area contributed by atoms with E-state index < -0.39 is 6.10 Å². The first kappa shape index (κ1) is 18.7. The number of aliphatic hydroxyl groups excluding tert-OH is 1. The van der Waals surface area contributed by atoms with Crippen molar-refractivity contribution < 1.29 is 14.7 Å². The molecule has 2 heterocycles. The van der Waals surface area contributed by atoms with Crippen LogP contribution in [0.2, 0.25) is 5.02 Å². The van der Waals surface area contributed by atoms with Crippen LogP contribution in [-0.4, -0.2) is 56.3 Å². The van der Waals surface area contributed by atoms with Crippen molar-refractivity contribution >= 4 is 69.6 Å². The van der Waals surface area contributed by atoms with E-state index in [1.165, 1.54) is 4.90 Å². The van der Waals surface area contributed by atoms with Crippen molar-refractivity contribution in [2.24, 2.45) is 0 Å². The Kier molecular flexibility index (Phi) is 6.06. The SMILES string of the molecule is O=C(CN1C(=O)/C(=C\c2cccc(Cl)c2)SC1=S)NC1CSCC1O. The van der Waals surface area contributed by atoms with Gasteiger partial charge in [0.1, 0.15) is 10.9 Å². The van der Waals surface area contributed by atoms with Gasteiger partial charge < -0.3 is 10.4 Å². The summed E-state index contributed by atoms with van der Waals surface area (Å²) in [6.07, 6.45) is 1.16. The summed E-state index contributed by atoms with van der Waals surface area (Å²) in [4.78, 5) is 26.4. The van der Waals surface area contributed by atoms with E-state index in [0.717, 1.165) is 17.3 Å². The fraction of sp³-hybridized carbons (Fsp3) is 0.312. The van der Waals surface area contributed by atoms with Gasteiger partial charge in [0.05, 0.1) is 17.1 Å². The van der Waals surface area contributed by atoms with Gasteiger partial charge in [-0.2, -0.15) is 11.8 Å². The first-order valence-corrected chi connectivity index (χ1v) is 10.3. The molecule has 0 aromatic heterocycles. The lowest BCUT2D eigenvalue weighted by molar-refractivity contribution is -0.129. The summed E-state index contributed by atoms with van der Waals surface area (Å²) in [6.45, 7) is -0.147. The number of hydrogen-bond donors (Lipinski definition) is 2. The van der Waals surface area contributed by atoms with E-state index in [-0.39, 0.29) is 24.4 Å². The first-order valence-electron chi connectivity index (χ1n) is 7.50. The van der Waals surface area contributed by atoms with E-state index in [1.807, 2.05) is 6.07 Å². The fourth-order valence-electron chi connectivity index (χ4n) is 2.46. The maximum Gasteiger partial charge on any atom is 0.266 e. The number of benzene rings is 1. The van der Waals surface area contributed by atoms with Gasteiger partial charge in [0.15, 0.2) is 0 Å². The van der Waals surface area contributed by atoms with Gasteiger partial charge in [-0.05, 0) is 23.8 Å². The van der Waals surface area contributed by atoms with Crippen LogP contribution in [0.4, 0.5) is 0 Å². The molecule has 0 saturated carbocycles. The van der Waals surface area contributed by atoms with E-state index >= 15 is 0 Å². The summed E-state index contributed by atoms with van der Waals surface area (Å²) >= 11 is 13.9. The predicted molar refractivity (Wildman–Crippen MR) is 107 cm³/mol. The van der Waals surface area contributed by atoms with Gasteiger partial charge in [0.2, 0.25) is 5.91 Å². The van der Waals surface area contributed by atoms with Crippen molar-refractivity contribution in [3.05, 3.63) is 39.8 Å². The number of nitrogens with one attached hydrogen (secondary N) is 1.